The molecule has 3 N–H and O–H groups in total. The third-order valence-electron chi connectivity index (χ3n) is 3.33. The molecule has 2 rings (SSSR count). The Kier molecular flexibility index (Phi) is 5.98. The van der Waals surface area contributed by atoms with E-state index in [0.29, 0.717) is 0 Å². The van der Waals surface area contributed by atoms with Crippen LogP contribution in [0.5, 0.6) is 0 Å². The van der Waals surface area contributed by atoms with E-state index < -0.39 is 33.6 Å². The van der Waals surface area contributed by atoms with Crippen LogP contribution in [0, 0.1) is 0 Å². The average Bonchev–Trinajstić information content (AvgIpc) is 2.54. The number of amides is 2. The monoisotopic (exact) mass is 415 g/mol. The molecule has 150 valence electrons. The maximum Gasteiger partial charge on any atom is 0.416 e. The van der Waals surface area contributed by atoms with Crippen molar-refractivity contribution in [2.24, 2.45) is 0 Å². The first-order valence-corrected chi connectivity index (χ1v) is 9.62. The van der Waals surface area contributed by atoms with Crippen molar-refractivity contribution in [3.05, 3.63) is 53.6 Å². The van der Waals surface area contributed by atoms with Crippen molar-refractivity contribution in [1.82, 2.24) is 0 Å². The van der Waals surface area contributed by atoms with Gasteiger partial charge in [-0.2, -0.15) is 13.2 Å². The van der Waals surface area contributed by atoms with E-state index in [-0.39, 0.29) is 22.6 Å². The van der Waals surface area contributed by atoms with Crippen LogP contribution >= 0.6 is 0 Å². The minimum Gasteiger partial charge on any atom is -0.326 e. The largest absolute Gasteiger partial charge is 0.416 e. The van der Waals surface area contributed by atoms with Crippen LogP contribution in [0.4, 0.5) is 30.2 Å². The number of benzene rings is 2. The van der Waals surface area contributed by atoms with Gasteiger partial charge in [0.25, 0.3) is 5.91 Å². The average molecular weight is 415 g/mol. The third kappa shape index (κ3) is 5.98. The molecule has 0 radical (unpaired) electrons. The SMILES string of the molecule is CC(=O)Nc1ccc(NS(C)(=O)=O)c(C(=O)Nc2cccc(C(F)(F)F)c2)c1. The van der Waals surface area contributed by atoms with Crippen LogP contribution < -0.4 is 15.4 Å². The van der Waals surface area contributed by atoms with Crippen LogP contribution in [0.2, 0.25) is 0 Å². The minimum atomic E-state index is -4.59. The zero-order valence-corrected chi connectivity index (χ0v) is 15.5. The van der Waals surface area contributed by atoms with E-state index in [4.69, 9.17) is 0 Å². The molecular formula is C17H16F3N3O4S. The van der Waals surface area contributed by atoms with Gasteiger partial charge in [0.1, 0.15) is 0 Å². The number of carbonyl (C=O) groups is 2. The number of hydrogen-bond donors (Lipinski definition) is 3. The van der Waals surface area contributed by atoms with Crippen LogP contribution in [-0.4, -0.2) is 26.5 Å². The van der Waals surface area contributed by atoms with Crippen LogP contribution in [0.15, 0.2) is 42.5 Å². The zero-order chi connectivity index (χ0) is 21.1. The molecule has 0 aromatic heterocycles. The van der Waals surface area contributed by atoms with Crippen molar-refractivity contribution in [2.45, 2.75) is 13.1 Å². The molecule has 0 saturated carbocycles. The summed E-state index contributed by atoms with van der Waals surface area (Å²) in [6.45, 7) is 1.24. The molecule has 2 aromatic carbocycles. The molecule has 7 nitrogen and oxygen atoms in total. The van der Waals surface area contributed by atoms with Crippen LogP contribution in [-0.2, 0) is 21.0 Å². The first-order chi connectivity index (χ1) is 12.8. The molecule has 0 spiro atoms. The van der Waals surface area contributed by atoms with Crippen molar-refractivity contribution in [3.8, 4) is 0 Å². The van der Waals surface area contributed by atoms with Gasteiger partial charge in [0.05, 0.1) is 23.1 Å². The summed E-state index contributed by atoms with van der Waals surface area (Å²) in [4.78, 5) is 23.8. The number of carbonyl (C=O) groups excluding carboxylic acids is 2. The highest BCUT2D eigenvalue weighted by Crippen LogP contribution is 2.31. The highest BCUT2D eigenvalue weighted by molar-refractivity contribution is 7.92. The number of nitrogens with one attached hydrogen (secondary N) is 3. The Labute approximate surface area is 159 Å². The van der Waals surface area contributed by atoms with Gasteiger partial charge in [-0.1, -0.05) is 6.07 Å². The Morgan fingerprint density at radius 3 is 2.18 bits per heavy atom. The zero-order valence-electron chi connectivity index (χ0n) is 14.7. The quantitative estimate of drug-likeness (QED) is 0.697. The Bertz CT molecular complexity index is 1020. The molecule has 28 heavy (non-hydrogen) atoms. The second-order valence-corrected chi connectivity index (χ2v) is 7.60. The van der Waals surface area contributed by atoms with Crippen molar-refractivity contribution in [2.75, 3.05) is 21.6 Å². The maximum atomic E-state index is 12.8. The molecule has 0 atom stereocenters. The van der Waals surface area contributed by atoms with Crippen molar-refractivity contribution in [1.29, 1.82) is 0 Å². The lowest BCUT2D eigenvalue weighted by Crippen LogP contribution is -2.18. The fourth-order valence-corrected chi connectivity index (χ4v) is 2.85. The van der Waals surface area contributed by atoms with Crippen molar-refractivity contribution >= 4 is 38.9 Å². The van der Waals surface area contributed by atoms with Gasteiger partial charge in [-0.05, 0) is 36.4 Å². The summed E-state index contributed by atoms with van der Waals surface area (Å²) in [7, 11) is -3.73. The second-order valence-electron chi connectivity index (χ2n) is 5.85. The molecule has 0 unspecified atom stereocenters. The van der Waals surface area contributed by atoms with Crippen LogP contribution in [0.3, 0.4) is 0 Å². The third-order valence-corrected chi connectivity index (χ3v) is 3.92. The summed E-state index contributed by atoms with van der Waals surface area (Å²) in [5.41, 5.74) is -1.15. The molecule has 0 aliphatic heterocycles. The highest BCUT2D eigenvalue weighted by Gasteiger charge is 2.30. The van der Waals surface area contributed by atoms with Gasteiger partial charge in [0.15, 0.2) is 0 Å². The van der Waals surface area contributed by atoms with Gasteiger partial charge in [0.2, 0.25) is 15.9 Å². The summed E-state index contributed by atoms with van der Waals surface area (Å²) >= 11 is 0. The Hall–Kier alpha value is -3.08. The van der Waals surface area contributed by atoms with Gasteiger partial charge in [-0.25, -0.2) is 8.42 Å². The molecule has 0 fully saturated rings. The lowest BCUT2D eigenvalue weighted by Gasteiger charge is -2.14. The summed E-state index contributed by atoms with van der Waals surface area (Å²) in [5.74, 6) is -1.29. The molecule has 0 saturated heterocycles. The first kappa shape index (κ1) is 21.2. The van der Waals surface area contributed by atoms with Gasteiger partial charge >= 0.3 is 6.18 Å². The lowest BCUT2D eigenvalue weighted by molar-refractivity contribution is -0.137. The number of sulfonamides is 1. The fourth-order valence-electron chi connectivity index (χ4n) is 2.27. The molecule has 0 aliphatic carbocycles. The van der Waals surface area contributed by atoms with Crippen LogP contribution in [0.1, 0.15) is 22.8 Å². The Morgan fingerprint density at radius 1 is 0.964 bits per heavy atom. The molecule has 0 aliphatic rings. The first-order valence-electron chi connectivity index (χ1n) is 7.73. The Morgan fingerprint density at radius 2 is 1.61 bits per heavy atom. The van der Waals surface area contributed by atoms with Crippen molar-refractivity contribution < 1.29 is 31.2 Å². The smallest absolute Gasteiger partial charge is 0.326 e. The molecule has 2 amide bonds. The van der Waals surface area contributed by atoms with E-state index in [9.17, 15) is 31.2 Å². The lowest BCUT2D eigenvalue weighted by atomic mass is 10.1. The number of rotatable bonds is 5. The number of alkyl halides is 3. The summed E-state index contributed by atoms with van der Waals surface area (Å²) in [6, 6.07) is 7.82. The molecule has 11 heteroatoms. The number of anilines is 3. The fraction of sp³-hybridized carbons (Fsp3) is 0.176. The maximum absolute atomic E-state index is 12.8. The van der Waals surface area contributed by atoms with Crippen molar-refractivity contribution in [3.63, 3.8) is 0 Å². The minimum absolute atomic E-state index is 0.0962. The normalized spacial score (nSPS) is 11.6. The predicted octanol–water partition coefficient (Wildman–Crippen LogP) is 3.29. The van der Waals surface area contributed by atoms with Gasteiger partial charge in [-0.15, -0.1) is 0 Å². The standard InChI is InChI=1S/C17H16F3N3O4S/c1-10(24)21-13-6-7-15(23-28(2,26)27)14(9-13)16(25)22-12-5-3-4-11(8-12)17(18,19)20/h3-9,23H,1-2H3,(H,21,24)(H,22,25). The summed E-state index contributed by atoms with van der Waals surface area (Å²) in [5, 5.41) is 4.73. The summed E-state index contributed by atoms with van der Waals surface area (Å²) in [6.07, 6.45) is -3.71. The molecule has 0 bridgehead atoms. The number of halogens is 3. The van der Waals surface area contributed by atoms with E-state index in [1.54, 1.807) is 0 Å². The van der Waals surface area contributed by atoms with E-state index in [2.05, 4.69) is 15.4 Å². The predicted molar refractivity (Wildman–Crippen MR) is 98.6 cm³/mol. The van der Waals surface area contributed by atoms with E-state index in [0.717, 1.165) is 24.5 Å². The van der Waals surface area contributed by atoms with E-state index in [1.165, 1.54) is 31.2 Å². The summed E-state index contributed by atoms with van der Waals surface area (Å²) < 4.78 is 63.6. The topological polar surface area (TPSA) is 104 Å². The van der Waals surface area contributed by atoms with Gasteiger partial charge in [0, 0.05) is 18.3 Å². The van der Waals surface area contributed by atoms with E-state index in [1.807, 2.05) is 0 Å². The number of hydrogen-bond acceptors (Lipinski definition) is 4. The highest BCUT2D eigenvalue weighted by atomic mass is 32.2. The molecule has 0 heterocycles. The second kappa shape index (κ2) is 7.89. The van der Waals surface area contributed by atoms with Crippen LogP contribution in [0.25, 0.3) is 0 Å². The molecular weight excluding hydrogens is 399 g/mol. The molecule has 2 aromatic rings. The van der Waals surface area contributed by atoms with E-state index >= 15 is 0 Å². The Balaban J connectivity index is 2.40. The van der Waals surface area contributed by atoms with Gasteiger partial charge < -0.3 is 10.6 Å². The van der Waals surface area contributed by atoms with Gasteiger partial charge in [-0.3, -0.25) is 14.3 Å².